The monoisotopic (exact) mass is 454 g/mol. The summed E-state index contributed by atoms with van der Waals surface area (Å²) in [6.07, 6.45) is 11.6. The predicted octanol–water partition coefficient (Wildman–Crippen LogP) is 5.57. The molecule has 5 rings (SSSR count). The molecule has 3 heterocycles. The van der Waals surface area contributed by atoms with Crippen molar-refractivity contribution in [3.63, 3.8) is 0 Å². The van der Waals surface area contributed by atoms with E-state index < -0.39 is 0 Å². The number of piperidine rings is 1. The first-order chi connectivity index (χ1) is 16.6. The lowest BCUT2D eigenvalue weighted by molar-refractivity contribution is 0.104. The van der Waals surface area contributed by atoms with Crippen molar-refractivity contribution < 1.29 is 9.53 Å². The maximum atomic E-state index is 12.9. The van der Waals surface area contributed by atoms with E-state index in [1.165, 1.54) is 10.9 Å². The molecular weight excluding hydrogens is 424 g/mol. The summed E-state index contributed by atoms with van der Waals surface area (Å²) in [4.78, 5) is 19.4. The maximum absolute atomic E-state index is 12.9. The van der Waals surface area contributed by atoms with E-state index in [1.807, 2.05) is 49.0 Å². The van der Waals surface area contributed by atoms with Gasteiger partial charge in [0.2, 0.25) is 0 Å². The molecule has 0 saturated carbocycles. The molecule has 0 aliphatic carbocycles. The molecule has 0 bridgehead atoms. The second-order valence-electron chi connectivity index (χ2n) is 8.77. The molecule has 6 heteroatoms. The highest BCUT2D eigenvalue weighted by Gasteiger charge is 2.20. The third-order valence-electron chi connectivity index (χ3n) is 6.49. The summed E-state index contributed by atoms with van der Waals surface area (Å²) in [5, 5.41) is 1.29. The van der Waals surface area contributed by atoms with Crippen LogP contribution in [0.1, 0.15) is 41.9 Å². The van der Waals surface area contributed by atoms with Crippen LogP contribution in [0, 0.1) is 6.92 Å². The Balaban J connectivity index is 1.24. The molecule has 6 nitrogen and oxygen atoms in total. The number of hydrogen-bond acceptors (Lipinski definition) is 4. The SMILES string of the molecule is CCOc1cc(C(=O)/C=C/N2CCC(n3ccc4ccccc43)CC2)ccc1-n1cnc(C)c1. The number of carbonyl (C=O) groups is 1. The smallest absolute Gasteiger partial charge is 0.187 e. The van der Waals surface area contributed by atoms with Crippen molar-refractivity contribution in [2.24, 2.45) is 0 Å². The van der Waals surface area contributed by atoms with Crippen LogP contribution in [0.5, 0.6) is 5.75 Å². The zero-order chi connectivity index (χ0) is 23.5. The Kier molecular flexibility index (Phi) is 6.21. The van der Waals surface area contributed by atoms with E-state index in [-0.39, 0.29) is 5.78 Å². The van der Waals surface area contributed by atoms with Crippen molar-refractivity contribution >= 4 is 16.7 Å². The van der Waals surface area contributed by atoms with E-state index in [1.54, 1.807) is 12.4 Å². The van der Waals surface area contributed by atoms with Gasteiger partial charge in [-0.2, -0.15) is 0 Å². The summed E-state index contributed by atoms with van der Waals surface area (Å²) in [6.45, 7) is 6.29. The van der Waals surface area contributed by atoms with Crippen LogP contribution in [0.2, 0.25) is 0 Å². The zero-order valence-corrected chi connectivity index (χ0v) is 19.7. The average Bonchev–Trinajstić information content (AvgIpc) is 3.49. The molecule has 0 unspecified atom stereocenters. The Morgan fingerprint density at radius 1 is 1.15 bits per heavy atom. The largest absolute Gasteiger partial charge is 0.492 e. The summed E-state index contributed by atoms with van der Waals surface area (Å²) >= 11 is 0. The molecule has 2 aromatic heterocycles. The molecule has 1 aliphatic rings. The van der Waals surface area contributed by atoms with Crippen molar-refractivity contribution in [2.45, 2.75) is 32.7 Å². The molecule has 0 N–H and O–H groups in total. The minimum Gasteiger partial charge on any atom is -0.492 e. The number of imidazole rings is 1. The Bertz CT molecular complexity index is 1330. The summed E-state index contributed by atoms with van der Waals surface area (Å²) in [7, 11) is 0. The van der Waals surface area contributed by atoms with Gasteiger partial charge in [-0.15, -0.1) is 0 Å². The van der Waals surface area contributed by atoms with Gasteiger partial charge >= 0.3 is 0 Å². The number of carbonyl (C=O) groups excluding carboxylic acids is 1. The van der Waals surface area contributed by atoms with E-state index in [0.29, 0.717) is 24.0 Å². The van der Waals surface area contributed by atoms with Crippen LogP contribution in [-0.4, -0.2) is 44.5 Å². The molecule has 0 amide bonds. The molecule has 34 heavy (non-hydrogen) atoms. The third-order valence-corrected chi connectivity index (χ3v) is 6.49. The van der Waals surface area contributed by atoms with Gasteiger partial charge in [0.15, 0.2) is 5.78 Å². The Hall–Kier alpha value is -3.80. The number of rotatable bonds is 7. The van der Waals surface area contributed by atoms with Gasteiger partial charge in [0.1, 0.15) is 5.75 Å². The lowest BCUT2D eigenvalue weighted by atomic mass is 10.0. The molecule has 1 saturated heterocycles. The van der Waals surface area contributed by atoms with Crippen LogP contribution in [0.3, 0.4) is 0 Å². The van der Waals surface area contributed by atoms with E-state index in [0.717, 1.165) is 37.3 Å². The van der Waals surface area contributed by atoms with Crippen LogP contribution in [0.25, 0.3) is 16.6 Å². The molecule has 0 spiro atoms. The molecule has 0 radical (unpaired) electrons. The van der Waals surface area contributed by atoms with E-state index in [4.69, 9.17) is 4.74 Å². The number of ketones is 1. The normalized spacial score (nSPS) is 14.8. The number of nitrogens with zero attached hydrogens (tertiary/aromatic N) is 4. The highest BCUT2D eigenvalue weighted by Crippen LogP contribution is 2.28. The van der Waals surface area contributed by atoms with Gasteiger partial charge in [-0.05, 0) is 62.4 Å². The lowest BCUT2D eigenvalue weighted by Gasteiger charge is -2.32. The standard InChI is InChI=1S/C28H30N4O2/c1-3-34-28-18-23(8-9-26(28)31-19-21(2)29-20-31)27(33)13-16-30-14-11-24(12-15-30)32-17-10-22-6-4-5-7-25(22)32/h4-10,13,16-20,24H,3,11-12,14-15H2,1-2H3/b16-13+. The Labute approximate surface area is 200 Å². The van der Waals surface area contributed by atoms with Crippen molar-refractivity contribution in [1.29, 1.82) is 0 Å². The average molecular weight is 455 g/mol. The number of aryl methyl sites for hydroxylation is 1. The van der Waals surface area contributed by atoms with Crippen LogP contribution in [0.4, 0.5) is 0 Å². The van der Waals surface area contributed by atoms with Crippen LogP contribution in [0.15, 0.2) is 79.5 Å². The van der Waals surface area contributed by atoms with E-state index in [9.17, 15) is 4.79 Å². The van der Waals surface area contributed by atoms with E-state index in [2.05, 4.69) is 51.0 Å². The Morgan fingerprint density at radius 2 is 1.97 bits per heavy atom. The van der Waals surface area contributed by atoms with Crippen LogP contribution in [-0.2, 0) is 0 Å². The highest BCUT2D eigenvalue weighted by atomic mass is 16.5. The van der Waals surface area contributed by atoms with Crippen molar-refractivity contribution in [1.82, 2.24) is 19.0 Å². The summed E-state index contributed by atoms with van der Waals surface area (Å²) in [5.41, 5.74) is 3.72. The Morgan fingerprint density at radius 3 is 2.74 bits per heavy atom. The molecule has 1 fully saturated rings. The summed E-state index contributed by atoms with van der Waals surface area (Å²) in [6, 6.07) is 16.8. The van der Waals surface area contributed by atoms with Gasteiger partial charge in [-0.25, -0.2) is 4.98 Å². The molecule has 174 valence electrons. The number of benzene rings is 2. The molecule has 1 aliphatic heterocycles. The van der Waals surface area contributed by atoms with Gasteiger partial charge in [0.25, 0.3) is 0 Å². The van der Waals surface area contributed by atoms with Gasteiger partial charge in [-0.3, -0.25) is 4.79 Å². The van der Waals surface area contributed by atoms with Gasteiger partial charge in [-0.1, -0.05) is 18.2 Å². The first-order valence-electron chi connectivity index (χ1n) is 11.9. The molecule has 2 aromatic carbocycles. The fraction of sp³-hybridized carbons (Fsp3) is 0.286. The van der Waals surface area contributed by atoms with Crippen LogP contribution < -0.4 is 4.74 Å². The second kappa shape index (κ2) is 9.59. The summed E-state index contributed by atoms with van der Waals surface area (Å²) < 4.78 is 10.1. The number of fused-ring (bicyclic) bond motifs is 1. The highest BCUT2D eigenvalue weighted by molar-refractivity contribution is 6.04. The van der Waals surface area contributed by atoms with Gasteiger partial charge in [0.05, 0.1) is 24.3 Å². The lowest BCUT2D eigenvalue weighted by Crippen LogP contribution is -2.30. The fourth-order valence-corrected chi connectivity index (χ4v) is 4.71. The second-order valence-corrected chi connectivity index (χ2v) is 8.77. The number of likely N-dealkylation sites (tertiary alicyclic amines) is 1. The predicted molar refractivity (Wildman–Crippen MR) is 135 cm³/mol. The first-order valence-corrected chi connectivity index (χ1v) is 11.9. The summed E-state index contributed by atoms with van der Waals surface area (Å²) in [5.74, 6) is 0.659. The van der Waals surface area contributed by atoms with Gasteiger partial charge < -0.3 is 18.8 Å². The number of para-hydroxylation sites is 1. The van der Waals surface area contributed by atoms with Crippen molar-refractivity contribution in [2.75, 3.05) is 19.7 Å². The molecule has 4 aromatic rings. The maximum Gasteiger partial charge on any atom is 0.187 e. The topological polar surface area (TPSA) is 52.3 Å². The first kappa shape index (κ1) is 22.0. The van der Waals surface area contributed by atoms with Crippen molar-refractivity contribution in [3.8, 4) is 11.4 Å². The quantitative estimate of drug-likeness (QED) is 0.271. The number of aromatic nitrogens is 3. The van der Waals surface area contributed by atoms with Crippen LogP contribution >= 0.6 is 0 Å². The number of allylic oxidation sites excluding steroid dienone is 1. The zero-order valence-electron chi connectivity index (χ0n) is 19.7. The number of hydrogen-bond donors (Lipinski definition) is 0. The van der Waals surface area contributed by atoms with E-state index >= 15 is 0 Å². The minimum atomic E-state index is -0.0205. The minimum absolute atomic E-state index is 0.0205. The fourth-order valence-electron chi connectivity index (χ4n) is 4.71. The number of ether oxygens (including phenoxy) is 1. The molecular formula is C28H30N4O2. The third kappa shape index (κ3) is 4.49. The van der Waals surface area contributed by atoms with Gasteiger partial charge in [0, 0.05) is 54.9 Å². The molecule has 0 atom stereocenters. The van der Waals surface area contributed by atoms with Crippen molar-refractivity contribution in [3.05, 3.63) is 90.8 Å².